The average Bonchev–Trinajstić information content (AvgIpc) is 2.75. The first-order valence-corrected chi connectivity index (χ1v) is 10.4. The van der Waals surface area contributed by atoms with Gasteiger partial charge < -0.3 is 20.7 Å². The zero-order valence-corrected chi connectivity index (χ0v) is 18.5. The molecule has 3 rings (SSSR count). The van der Waals surface area contributed by atoms with Crippen molar-refractivity contribution in [2.24, 2.45) is 0 Å². The lowest BCUT2D eigenvalue weighted by atomic mass is 10.1. The molecule has 0 aliphatic heterocycles. The van der Waals surface area contributed by atoms with Crippen molar-refractivity contribution in [3.63, 3.8) is 0 Å². The number of alkyl carbamates (subject to hydrolysis) is 1. The van der Waals surface area contributed by atoms with E-state index in [4.69, 9.17) is 4.74 Å². The predicted molar refractivity (Wildman–Crippen MR) is 126 cm³/mol. The molecule has 1 heterocycles. The third kappa shape index (κ3) is 7.12. The fourth-order valence-corrected chi connectivity index (χ4v) is 2.90. The van der Waals surface area contributed by atoms with Crippen molar-refractivity contribution in [1.29, 1.82) is 0 Å². The molecule has 0 fully saturated rings. The van der Waals surface area contributed by atoms with Crippen LogP contribution in [0.4, 0.5) is 22.0 Å². The molecule has 0 aliphatic carbocycles. The van der Waals surface area contributed by atoms with E-state index in [0.717, 1.165) is 11.3 Å². The summed E-state index contributed by atoms with van der Waals surface area (Å²) in [4.78, 5) is 28.6. The highest BCUT2D eigenvalue weighted by molar-refractivity contribution is 6.05. The molecule has 0 saturated carbocycles. The van der Waals surface area contributed by atoms with Gasteiger partial charge in [-0.25, -0.2) is 9.78 Å². The summed E-state index contributed by atoms with van der Waals surface area (Å²) < 4.78 is 5.23. The van der Waals surface area contributed by atoms with Gasteiger partial charge in [-0.3, -0.25) is 4.79 Å². The molecule has 2 amide bonds. The number of carbonyl (C=O) groups is 2. The molecule has 0 atom stereocenters. The zero-order valence-electron chi connectivity index (χ0n) is 18.5. The Morgan fingerprint density at radius 2 is 1.66 bits per heavy atom. The highest BCUT2D eigenvalue weighted by atomic mass is 16.6. The molecule has 1 aromatic heterocycles. The van der Waals surface area contributed by atoms with Crippen molar-refractivity contribution >= 4 is 29.2 Å². The summed E-state index contributed by atoms with van der Waals surface area (Å²) in [5, 5.41) is 8.89. The quantitative estimate of drug-likeness (QED) is 0.480. The number of ether oxygens (including phenoxy) is 1. The molecule has 3 N–H and O–H groups in total. The minimum atomic E-state index is -0.512. The van der Waals surface area contributed by atoms with E-state index in [1.807, 2.05) is 63.2 Å². The van der Waals surface area contributed by atoms with Crippen LogP contribution < -0.4 is 16.0 Å². The fourth-order valence-electron chi connectivity index (χ4n) is 2.90. The Hall–Kier alpha value is -3.87. The number of pyridine rings is 1. The van der Waals surface area contributed by atoms with Crippen LogP contribution in [0.25, 0.3) is 0 Å². The van der Waals surface area contributed by atoms with Crippen LogP contribution in [-0.2, 0) is 11.2 Å². The maximum atomic E-state index is 12.5. The molecule has 0 saturated heterocycles. The number of nitrogens with one attached hydrogen (secondary N) is 3. The second-order valence-corrected chi connectivity index (χ2v) is 8.22. The summed E-state index contributed by atoms with van der Waals surface area (Å²) in [6.45, 7) is 5.98. The van der Waals surface area contributed by atoms with E-state index in [1.54, 1.807) is 30.5 Å². The third-order valence-corrected chi connectivity index (χ3v) is 4.39. The zero-order chi connectivity index (χ0) is 23.0. The summed E-state index contributed by atoms with van der Waals surface area (Å²) in [7, 11) is 0. The second kappa shape index (κ2) is 10.4. The largest absolute Gasteiger partial charge is 0.444 e. The number of nitrogens with zero attached hydrogens (tertiary/aromatic N) is 1. The number of aromatic nitrogens is 1. The minimum absolute atomic E-state index is 0.200. The average molecular weight is 433 g/mol. The molecule has 166 valence electrons. The van der Waals surface area contributed by atoms with Gasteiger partial charge in [0, 0.05) is 24.0 Å². The Kier molecular flexibility index (Phi) is 7.44. The maximum absolute atomic E-state index is 12.5. The molecule has 3 aromatic rings. The summed E-state index contributed by atoms with van der Waals surface area (Å²) >= 11 is 0. The van der Waals surface area contributed by atoms with Crippen molar-refractivity contribution in [2.75, 3.05) is 17.2 Å². The molecule has 0 unspecified atom stereocenters. The van der Waals surface area contributed by atoms with E-state index in [9.17, 15) is 9.59 Å². The lowest BCUT2D eigenvalue weighted by Crippen LogP contribution is -2.33. The summed E-state index contributed by atoms with van der Waals surface area (Å²) in [6.07, 6.45) is 1.93. The first-order chi connectivity index (χ1) is 15.3. The van der Waals surface area contributed by atoms with Gasteiger partial charge in [-0.05, 0) is 69.2 Å². The van der Waals surface area contributed by atoms with Gasteiger partial charge in [0.05, 0.1) is 5.69 Å². The van der Waals surface area contributed by atoms with E-state index >= 15 is 0 Å². The van der Waals surface area contributed by atoms with Gasteiger partial charge in [-0.2, -0.15) is 0 Å². The summed E-state index contributed by atoms with van der Waals surface area (Å²) in [5.74, 6) is 0.352. The van der Waals surface area contributed by atoms with Crippen LogP contribution in [0, 0.1) is 0 Å². The Balaban J connectivity index is 1.56. The SMILES string of the molecule is CC(C)(C)OC(=O)NCCc1ccc(Nc2ncccc2NC(=O)c2ccccc2)cc1. The number of benzene rings is 2. The van der Waals surface area contributed by atoms with E-state index in [1.165, 1.54) is 0 Å². The fraction of sp³-hybridized carbons (Fsp3) is 0.240. The van der Waals surface area contributed by atoms with Gasteiger partial charge >= 0.3 is 6.09 Å². The van der Waals surface area contributed by atoms with Gasteiger partial charge in [0.25, 0.3) is 5.91 Å². The van der Waals surface area contributed by atoms with Gasteiger partial charge in [-0.15, -0.1) is 0 Å². The van der Waals surface area contributed by atoms with Crippen molar-refractivity contribution in [1.82, 2.24) is 10.3 Å². The monoisotopic (exact) mass is 432 g/mol. The number of rotatable bonds is 7. The number of carbonyl (C=O) groups excluding carboxylic acids is 2. The molecular formula is C25H28N4O3. The molecule has 0 aliphatic rings. The Morgan fingerprint density at radius 1 is 0.938 bits per heavy atom. The maximum Gasteiger partial charge on any atom is 0.407 e. The van der Waals surface area contributed by atoms with Crippen molar-refractivity contribution in [3.05, 3.63) is 84.1 Å². The van der Waals surface area contributed by atoms with Crippen LogP contribution >= 0.6 is 0 Å². The third-order valence-electron chi connectivity index (χ3n) is 4.39. The first-order valence-electron chi connectivity index (χ1n) is 10.4. The van der Waals surface area contributed by atoms with E-state index < -0.39 is 11.7 Å². The lowest BCUT2D eigenvalue weighted by molar-refractivity contribution is 0.0528. The van der Waals surface area contributed by atoms with Gasteiger partial charge in [0.15, 0.2) is 5.82 Å². The standard InChI is InChI=1S/C25H28N4O3/c1-25(2,3)32-24(31)27-17-15-18-11-13-20(14-12-18)28-22-21(10-7-16-26-22)29-23(30)19-8-5-4-6-9-19/h4-14,16H,15,17H2,1-3H3,(H,26,28)(H,27,31)(H,29,30). The molecular weight excluding hydrogens is 404 g/mol. The Morgan fingerprint density at radius 3 is 2.34 bits per heavy atom. The normalized spacial score (nSPS) is 10.8. The summed E-state index contributed by atoms with van der Waals surface area (Å²) in [6, 6.07) is 20.4. The molecule has 0 bridgehead atoms. The number of anilines is 3. The van der Waals surface area contributed by atoms with Gasteiger partial charge in [0.2, 0.25) is 0 Å². The topological polar surface area (TPSA) is 92.3 Å². The van der Waals surface area contributed by atoms with E-state index in [-0.39, 0.29) is 5.91 Å². The van der Waals surface area contributed by atoms with E-state index in [2.05, 4.69) is 20.9 Å². The van der Waals surface area contributed by atoms with Crippen LogP contribution in [0.3, 0.4) is 0 Å². The highest BCUT2D eigenvalue weighted by Gasteiger charge is 2.15. The van der Waals surface area contributed by atoms with Crippen LogP contribution in [0.1, 0.15) is 36.7 Å². The number of hydrogen-bond donors (Lipinski definition) is 3. The van der Waals surface area contributed by atoms with Crippen LogP contribution in [-0.4, -0.2) is 29.1 Å². The van der Waals surface area contributed by atoms with Crippen molar-refractivity contribution < 1.29 is 14.3 Å². The van der Waals surface area contributed by atoms with Gasteiger partial charge in [-0.1, -0.05) is 30.3 Å². The second-order valence-electron chi connectivity index (χ2n) is 8.22. The molecule has 7 heteroatoms. The molecule has 32 heavy (non-hydrogen) atoms. The number of hydrogen-bond acceptors (Lipinski definition) is 5. The first kappa shape index (κ1) is 22.8. The van der Waals surface area contributed by atoms with Crippen molar-refractivity contribution in [2.45, 2.75) is 32.8 Å². The lowest BCUT2D eigenvalue weighted by Gasteiger charge is -2.19. The molecule has 7 nitrogen and oxygen atoms in total. The molecule has 0 spiro atoms. The van der Waals surface area contributed by atoms with Crippen molar-refractivity contribution in [3.8, 4) is 0 Å². The molecule has 0 radical (unpaired) electrons. The smallest absolute Gasteiger partial charge is 0.407 e. The minimum Gasteiger partial charge on any atom is -0.444 e. The van der Waals surface area contributed by atoms with Crippen LogP contribution in [0.2, 0.25) is 0 Å². The van der Waals surface area contributed by atoms with Crippen LogP contribution in [0.5, 0.6) is 0 Å². The van der Waals surface area contributed by atoms with Crippen LogP contribution in [0.15, 0.2) is 72.9 Å². The Labute approximate surface area is 188 Å². The molecule has 2 aromatic carbocycles. The predicted octanol–water partition coefficient (Wildman–Crippen LogP) is 5.14. The summed E-state index contributed by atoms with van der Waals surface area (Å²) in [5.41, 5.74) is 2.56. The Bertz CT molecular complexity index is 1040. The van der Waals surface area contributed by atoms with Gasteiger partial charge in [0.1, 0.15) is 5.60 Å². The number of amides is 2. The van der Waals surface area contributed by atoms with E-state index in [0.29, 0.717) is 30.0 Å². The highest BCUT2D eigenvalue weighted by Crippen LogP contribution is 2.23.